The summed E-state index contributed by atoms with van der Waals surface area (Å²) >= 11 is 0. The predicted molar refractivity (Wildman–Crippen MR) is 171 cm³/mol. The highest BCUT2D eigenvalue weighted by Crippen LogP contribution is 2.75. The molecule has 0 aromatic heterocycles. The maximum absolute atomic E-state index is 12.2. The molecule has 10 nitrogen and oxygen atoms in total. The van der Waals surface area contributed by atoms with Gasteiger partial charge in [-0.1, -0.05) is 52.8 Å². The van der Waals surface area contributed by atoms with Crippen LogP contribution in [0.3, 0.4) is 0 Å². The molecule has 4 saturated carbocycles. The van der Waals surface area contributed by atoms with Gasteiger partial charge in [-0.05, 0) is 85.0 Å². The second-order valence-electron chi connectivity index (χ2n) is 16.8. The number of carbonyl (C=O) groups is 2. The van der Waals surface area contributed by atoms with Crippen LogP contribution in [0.2, 0.25) is 0 Å². The van der Waals surface area contributed by atoms with Gasteiger partial charge in [0.05, 0.1) is 12.2 Å². The van der Waals surface area contributed by atoms with Crippen molar-refractivity contribution in [2.75, 3.05) is 6.61 Å². The van der Waals surface area contributed by atoms with Crippen molar-refractivity contribution >= 4 is 11.9 Å². The maximum Gasteiger partial charge on any atom is 0.302 e. The molecule has 5 aliphatic carbocycles. The van der Waals surface area contributed by atoms with Crippen LogP contribution >= 0.6 is 0 Å². The molecule has 1 spiro atoms. The normalized spacial score (nSPS) is 50.3. The number of carbonyl (C=O) groups excluding carboxylic acids is 2. The molecule has 10 heteroatoms. The number of aliphatic hydroxyl groups excluding tert-OH is 4. The molecule has 5 fully saturated rings. The number of hydrogen-bond donors (Lipinski definition) is 4. The average Bonchev–Trinajstić information content (AvgIpc) is 3.38. The highest BCUT2D eigenvalue weighted by atomic mass is 16.7. The van der Waals surface area contributed by atoms with Crippen LogP contribution in [-0.2, 0) is 28.5 Å². The van der Waals surface area contributed by atoms with Gasteiger partial charge in [-0.3, -0.25) is 9.59 Å². The fraction of sp³-hybridized carbons (Fsp3) is 0.838. The van der Waals surface area contributed by atoms with E-state index >= 15 is 0 Å². The van der Waals surface area contributed by atoms with Gasteiger partial charge >= 0.3 is 11.9 Å². The fourth-order valence-corrected chi connectivity index (χ4v) is 12.0. The average molecular weight is 661 g/mol. The van der Waals surface area contributed by atoms with Crippen molar-refractivity contribution in [1.82, 2.24) is 0 Å². The molecule has 0 radical (unpaired) electrons. The summed E-state index contributed by atoms with van der Waals surface area (Å²) in [5.41, 5.74) is 1.02. The summed E-state index contributed by atoms with van der Waals surface area (Å²) in [5, 5.41) is 44.1. The topological polar surface area (TPSA) is 152 Å². The molecular weight excluding hydrogens is 604 g/mol. The standard InChI is InChI=1S/C37H56O10/c1-18-19(2)23(40)16-37-14-11-25-35(7)13-12-28(45-21(4)39)34(5,6)27(35)15-29(36(25,8)26(37)10-9-22(18)37)47-33-32(43)31(42)30(41)24(46-33)17-44-20(3)38/h10,18,22-25,27-33,40-43H,2,9,11-17H2,1,3-8H3/t18-,22-,23-,24+,25-,27-,28+,29+,30-,31+,32-,33+,35-,36+,37+/m1/s1. The summed E-state index contributed by atoms with van der Waals surface area (Å²) in [7, 11) is 0. The van der Waals surface area contributed by atoms with Crippen LogP contribution in [0, 0.1) is 45.3 Å². The lowest BCUT2D eigenvalue weighted by molar-refractivity contribution is -0.335. The minimum absolute atomic E-state index is 0.0896. The van der Waals surface area contributed by atoms with Crippen molar-refractivity contribution < 1.29 is 49.0 Å². The van der Waals surface area contributed by atoms with Crippen LogP contribution in [0.15, 0.2) is 23.8 Å². The van der Waals surface area contributed by atoms with Gasteiger partial charge in [-0.15, -0.1) is 0 Å². The highest BCUT2D eigenvalue weighted by Gasteiger charge is 2.71. The quantitative estimate of drug-likeness (QED) is 0.195. The van der Waals surface area contributed by atoms with E-state index in [1.54, 1.807) is 0 Å². The van der Waals surface area contributed by atoms with Crippen molar-refractivity contribution in [1.29, 1.82) is 0 Å². The number of hydrogen-bond acceptors (Lipinski definition) is 10. The third-order valence-corrected chi connectivity index (χ3v) is 14.3. The Balaban J connectivity index is 1.42. The first-order chi connectivity index (χ1) is 21.9. The largest absolute Gasteiger partial charge is 0.463 e. The van der Waals surface area contributed by atoms with Crippen LogP contribution in [0.5, 0.6) is 0 Å². The monoisotopic (exact) mass is 660 g/mol. The highest BCUT2D eigenvalue weighted by molar-refractivity contribution is 5.66. The maximum atomic E-state index is 12.2. The number of rotatable bonds is 5. The molecule has 1 aliphatic heterocycles. The molecule has 47 heavy (non-hydrogen) atoms. The summed E-state index contributed by atoms with van der Waals surface area (Å²) in [4.78, 5) is 23.8. The van der Waals surface area contributed by atoms with Gasteiger partial charge in [0.15, 0.2) is 6.29 Å². The molecule has 0 unspecified atom stereocenters. The molecular formula is C37H56O10. The van der Waals surface area contributed by atoms with Gasteiger partial charge in [0, 0.05) is 24.7 Å². The molecule has 6 rings (SSSR count). The lowest BCUT2D eigenvalue weighted by atomic mass is 9.36. The second kappa shape index (κ2) is 11.9. The zero-order chi connectivity index (χ0) is 34.4. The van der Waals surface area contributed by atoms with Gasteiger partial charge in [-0.25, -0.2) is 0 Å². The Morgan fingerprint density at radius 3 is 2.32 bits per heavy atom. The lowest BCUT2D eigenvalue weighted by Crippen LogP contribution is -2.68. The molecule has 0 bridgehead atoms. The molecule has 15 atom stereocenters. The van der Waals surface area contributed by atoms with Crippen LogP contribution in [0.25, 0.3) is 0 Å². The summed E-state index contributed by atoms with van der Waals surface area (Å²) in [6.07, 6.45) is -0.211. The van der Waals surface area contributed by atoms with E-state index in [1.165, 1.54) is 19.4 Å². The summed E-state index contributed by atoms with van der Waals surface area (Å²) in [6.45, 7) is 17.9. The van der Waals surface area contributed by atoms with Crippen molar-refractivity contribution in [3.63, 3.8) is 0 Å². The molecule has 4 N–H and O–H groups in total. The Kier molecular flexibility index (Phi) is 8.87. The molecule has 1 saturated heterocycles. The molecule has 264 valence electrons. The van der Waals surface area contributed by atoms with E-state index in [9.17, 15) is 30.0 Å². The van der Waals surface area contributed by atoms with Gasteiger partial charge in [0.2, 0.25) is 0 Å². The summed E-state index contributed by atoms with van der Waals surface area (Å²) < 4.78 is 24.1. The van der Waals surface area contributed by atoms with Gasteiger partial charge in [-0.2, -0.15) is 0 Å². The first-order valence-corrected chi connectivity index (χ1v) is 17.6. The Morgan fingerprint density at radius 1 is 0.957 bits per heavy atom. The van der Waals surface area contributed by atoms with Gasteiger partial charge in [0.1, 0.15) is 37.1 Å². The summed E-state index contributed by atoms with van der Waals surface area (Å²) in [6, 6.07) is 0. The summed E-state index contributed by atoms with van der Waals surface area (Å²) in [5.74, 6) is -0.0818. The lowest BCUT2D eigenvalue weighted by Gasteiger charge is -2.70. The Labute approximate surface area is 278 Å². The van der Waals surface area contributed by atoms with Gasteiger partial charge in [0.25, 0.3) is 0 Å². The number of fused-ring (bicyclic) bond motifs is 4. The molecule has 6 aliphatic rings. The Bertz CT molecular complexity index is 1310. The van der Waals surface area contributed by atoms with Crippen molar-refractivity contribution in [2.24, 2.45) is 45.3 Å². The predicted octanol–water partition coefficient (Wildman–Crippen LogP) is 3.83. The van der Waals surface area contributed by atoms with E-state index in [0.29, 0.717) is 18.8 Å². The van der Waals surface area contributed by atoms with Crippen molar-refractivity contribution in [3.05, 3.63) is 23.8 Å². The van der Waals surface area contributed by atoms with Crippen LogP contribution < -0.4 is 0 Å². The molecule has 0 amide bonds. The van der Waals surface area contributed by atoms with E-state index in [2.05, 4.69) is 47.3 Å². The van der Waals surface area contributed by atoms with Crippen LogP contribution in [0.1, 0.15) is 93.4 Å². The first-order valence-electron chi connectivity index (χ1n) is 17.6. The zero-order valence-corrected chi connectivity index (χ0v) is 29.1. The second-order valence-corrected chi connectivity index (χ2v) is 16.8. The number of allylic oxidation sites excluding steroid dienone is 1. The van der Waals surface area contributed by atoms with E-state index in [0.717, 1.165) is 37.7 Å². The van der Waals surface area contributed by atoms with E-state index in [4.69, 9.17) is 18.9 Å². The zero-order valence-electron chi connectivity index (χ0n) is 29.1. The number of ether oxygens (including phenoxy) is 4. The minimum atomic E-state index is -1.57. The van der Waals surface area contributed by atoms with E-state index in [1.807, 2.05) is 0 Å². The van der Waals surface area contributed by atoms with Crippen LogP contribution in [0.4, 0.5) is 0 Å². The molecule has 0 aromatic carbocycles. The number of aliphatic hydroxyl groups is 4. The number of esters is 2. The SMILES string of the molecule is C=C1[C@H](O)C[C@]23CC[C@@H]4[C@@]5(C)CC[C@H](OC(C)=O)C(C)(C)[C@H]5C[C@H](O[C@@H]5O[C@@H](COC(C)=O)[C@@H](O)[C@H](O)[C@H]5O)[C@]4(C)C2=CC[C@@H]3[C@@H]1C. The van der Waals surface area contributed by atoms with Crippen LogP contribution in [-0.4, -0.2) is 88.0 Å². The molecule has 0 aromatic rings. The van der Waals surface area contributed by atoms with Crippen molar-refractivity contribution in [3.8, 4) is 0 Å². The Morgan fingerprint density at radius 2 is 1.66 bits per heavy atom. The minimum Gasteiger partial charge on any atom is -0.463 e. The smallest absolute Gasteiger partial charge is 0.302 e. The van der Waals surface area contributed by atoms with E-state index in [-0.39, 0.29) is 52.7 Å². The van der Waals surface area contributed by atoms with Crippen molar-refractivity contribution in [2.45, 2.75) is 142 Å². The third-order valence-electron chi connectivity index (χ3n) is 14.3. The first kappa shape index (κ1) is 35.0. The Hall–Kier alpha value is -1.82. The third kappa shape index (κ3) is 5.18. The fourth-order valence-electron chi connectivity index (χ4n) is 12.0. The molecule has 1 heterocycles. The van der Waals surface area contributed by atoms with E-state index < -0.39 is 54.3 Å². The van der Waals surface area contributed by atoms with Gasteiger partial charge < -0.3 is 39.4 Å².